The van der Waals surface area contributed by atoms with Gasteiger partial charge in [0.2, 0.25) is 0 Å². The minimum absolute atomic E-state index is 0.200. The Morgan fingerprint density at radius 2 is 1.65 bits per heavy atom. The molecule has 1 aliphatic rings. The third-order valence-electron chi connectivity index (χ3n) is 2.86. The highest BCUT2D eigenvalue weighted by atomic mass is 15.6. The van der Waals surface area contributed by atoms with E-state index in [1.165, 1.54) is 0 Å². The van der Waals surface area contributed by atoms with Crippen LogP contribution in [-0.4, -0.2) is 35.0 Å². The Kier molecular flexibility index (Phi) is 3.80. The second-order valence-electron chi connectivity index (χ2n) is 7.68. The lowest BCUT2D eigenvalue weighted by Gasteiger charge is -2.43. The lowest BCUT2D eigenvalue weighted by molar-refractivity contribution is 0.00520. The van der Waals surface area contributed by atoms with Crippen LogP contribution in [-0.2, 0) is 0 Å². The van der Waals surface area contributed by atoms with Gasteiger partial charge in [-0.3, -0.25) is 5.01 Å². The molecule has 1 heterocycles. The van der Waals surface area contributed by atoms with E-state index in [4.69, 9.17) is 0 Å². The molecule has 0 aromatic heterocycles. The smallest absolute Gasteiger partial charge is 0.124 e. The normalized spacial score (nSPS) is 21.8. The number of nitrogens with zero attached hydrogens (tertiary/aromatic N) is 3. The second-order valence-corrected chi connectivity index (χ2v) is 7.68. The zero-order valence-corrected chi connectivity index (χ0v) is 12.8. The van der Waals surface area contributed by atoms with Crippen LogP contribution in [0.2, 0.25) is 0 Å². The molecule has 0 amide bonds. The van der Waals surface area contributed by atoms with Gasteiger partial charge in [0.25, 0.3) is 0 Å². The summed E-state index contributed by atoms with van der Waals surface area (Å²) in [6.07, 6.45) is 2.38. The van der Waals surface area contributed by atoms with Crippen LogP contribution in [0.1, 0.15) is 55.4 Å². The van der Waals surface area contributed by atoms with Crippen molar-refractivity contribution in [3.05, 3.63) is 0 Å². The van der Waals surface area contributed by atoms with E-state index >= 15 is 0 Å². The average Bonchev–Trinajstić information content (AvgIpc) is 2.43. The molecule has 0 aromatic rings. The van der Waals surface area contributed by atoms with Gasteiger partial charge in [-0.1, -0.05) is 41.5 Å². The predicted molar refractivity (Wildman–Crippen MR) is 74.9 cm³/mol. The molecule has 100 valence electrons. The largest absolute Gasteiger partial charge is 0.338 e. The molecular formula is C14H29N3. The zero-order chi connectivity index (χ0) is 13.4. The first-order valence-electron chi connectivity index (χ1n) is 6.60. The van der Waals surface area contributed by atoms with Gasteiger partial charge in [-0.15, -0.1) is 0 Å². The molecule has 1 aliphatic heterocycles. The molecule has 17 heavy (non-hydrogen) atoms. The highest BCUT2D eigenvalue weighted by molar-refractivity contribution is 5.57. The van der Waals surface area contributed by atoms with Crippen LogP contribution in [0.15, 0.2) is 5.10 Å². The Bertz CT molecular complexity index is 281. The van der Waals surface area contributed by atoms with Crippen molar-refractivity contribution < 1.29 is 0 Å². The SMILES string of the molecule is CC(C)N1N=CN(CC(C)(C)C)C1C(C)(C)C. The van der Waals surface area contributed by atoms with Crippen LogP contribution in [0, 0.1) is 10.8 Å². The number of hydrogen-bond donors (Lipinski definition) is 0. The molecule has 0 N–H and O–H groups in total. The molecule has 0 aromatic carbocycles. The quantitative estimate of drug-likeness (QED) is 0.735. The van der Waals surface area contributed by atoms with Crippen LogP contribution < -0.4 is 0 Å². The molecule has 0 radical (unpaired) electrons. The van der Waals surface area contributed by atoms with Crippen molar-refractivity contribution in [3.63, 3.8) is 0 Å². The third kappa shape index (κ3) is 3.62. The fraction of sp³-hybridized carbons (Fsp3) is 0.929. The molecule has 0 aliphatic carbocycles. The van der Waals surface area contributed by atoms with E-state index in [2.05, 4.69) is 70.4 Å². The second kappa shape index (κ2) is 4.51. The summed E-state index contributed by atoms with van der Waals surface area (Å²) in [6.45, 7) is 19.1. The monoisotopic (exact) mass is 239 g/mol. The summed E-state index contributed by atoms with van der Waals surface area (Å²) in [7, 11) is 0. The van der Waals surface area contributed by atoms with E-state index < -0.39 is 0 Å². The highest BCUT2D eigenvalue weighted by Gasteiger charge is 2.39. The maximum atomic E-state index is 4.58. The Balaban J connectivity index is 2.89. The summed E-state index contributed by atoms with van der Waals surface area (Å²) < 4.78 is 0. The van der Waals surface area contributed by atoms with E-state index in [9.17, 15) is 0 Å². The molecule has 1 atom stereocenters. The predicted octanol–water partition coefficient (Wildman–Crippen LogP) is 3.37. The molecule has 3 nitrogen and oxygen atoms in total. The first kappa shape index (κ1) is 14.3. The van der Waals surface area contributed by atoms with Crippen molar-refractivity contribution in [1.82, 2.24) is 9.91 Å². The van der Waals surface area contributed by atoms with Crippen molar-refractivity contribution in [1.29, 1.82) is 0 Å². The first-order chi connectivity index (χ1) is 7.52. The summed E-state index contributed by atoms with van der Waals surface area (Å²) >= 11 is 0. The van der Waals surface area contributed by atoms with Gasteiger partial charge < -0.3 is 4.90 Å². The summed E-state index contributed by atoms with van der Waals surface area (Å²) in [5.74, 6) is 0. The molecule has 0 bridgehead atoms. The number of rotatable bonds is 2. The van der Waals surface area contributed by atoms with Gasteiger partial charge in [0, 0.05) is 18.0 Å². The van der Waals surface area contributed by atoms with E-state index in [1.54, 1.807) is 0 Å². The molecule has 0 saturated heterocycles. The molecule has 0 saturated carbocycles. The minimum Gasteiger partial charge on any atom is -0.338 e. The summed E-state index contributed by atoms with van der Waals surface area (Å²) in [5, 5.41) is 6.81. The van der Waals surface area contributed by atoms with E-state index in [0.29, 0.717) is 17.6 Å². The van der Waals surface area contributed by atoms with Crippen molar-refractivity contribution in [2.24, 2.45) is 15.9 Å². The lowest BCUT2D eigenvalue weighted by Crippen LogP contribution is -2.52. The van der Waals surface area contributed by atoms with Crippen molar-refractivity contribution >= 4 is 6.34 Å². The lowest BCUT2D eigenvalue weighted by atomic mass is 9.88. The molecule has 0 fully saturated rings. The number of hydrazone groups is 1. The first-order valence-corrected chi connectivity index (χ1v) is 6.60. The fourth-order valence-corrected chi connectivity index (χ4v) is 2.39. The Labute approximate surface area is 107 Å². The Morgan fingerprint density at radius 3 is 2.00 bits per heavy atom. The molecule has 1 rings (SSSR count). The number of hydrogen-bond acceptors (Lipinski definition) is 3. The maximum Gasteiger partial charge on any atom is 0.124 e. The standard InChI is InChI=1S/C14H29N3/c1-11(2)17-12(14(6,7)8)16(10-15-17)9-13(3,4)5/h10-12H,9H2,1-8H3. The third-order valence-corrected chi connectivity index (χ3v) is 2.86. The zero-order valence-electron chi connectivity index (χ0n) is 12.8. The van der Waals surface area contributed by atoms with Crippen LogP contribution in [0.4, 0.5) is 0 Å². The van der Waals surface area contributed by atoms with Crippen molar-refractivity contribution in [2.45, 2.75) is 67.6 Å². The summed E-state index contributed by atoms with van der Waals surface area (Å²) in [6, 6.07) is 0.445. The van der Waals surface area contributed by atoms with E-state index in [-0.39, 0.29) is 5.41 Å². The van der Waals surface area contributed by atoms with E-state index in [0.717, 1.165) is 6.54 Å². The minimum atomic E-state index is 0.200. The Morgan fingerprint density at radius 1 is 1.12 bits per heavy atom. The van der Waals surface area contributed by atoms with Gasteiger partial charge in [-0.05, 0) is 19.3 Å². The topological polar surface area (TPSA) is 18.8 Å². The molecule has 0 spiro atoms. The average molecular weight is 239 g/mol. The highest BCUT2D eigenvalue weighted by Crippen LogP contribution is 2.33. The van der Waals surface area contributed by atoms with Crippen LogP contribution in [0.25, 0.3) is 0 Å². The molecular weight excluding hydrogens is 210 g/mol. The molecule has 3 heteroatoms. The summed E-state index contributed by atoms with van der Waals surface area (Å²) in [5.41, 5.74) is 0.495. The summed E-state index contributed by atoms with van der Waals surface area (Å²) in [4.78, 5) is 2.39. The Hall–Kier alpha value is -0.730. The van der Waals surface area contributed by atoms with Gasteiger partial charge >= 0.3 is 0 Å². The van der Waals surface area contributed by atoms with Gasteiger partial charge in [-0.2, -0.15) is 5.10 Å². The van der Waals surface area contributed by atoms with Crippen molar-refractivity contribution in [2.75, 3.05) is 6.54 Å². The van der Waals surface area contributed by atoms with Gasteiger partial charge in [-0.25, -0.2) is 0 Å². The van der Waals surface area contributed by atoms with Gasteiger partial charge in [0.15, 0.2) is 0 Å². The van der Waals surface area contributed by atoms with Gasteiger partial charge in [0.05, 0.1) is 0 Å². The fourth-order valence-electron chi connectivity index (χ4n) is 2.39. The van der Waals surface area contributed by atoms with Crippen molar-refractivity contribution in [3.8, 4) is 0 Å². The maximum absolute atomic E-state index is 4.58. The van der Waals surface area contributed by atoms with Crippen LogP contribution in [0.5, 0.6) is 0 Å². The van der Waals surface area contributed by atoms with E-state index in [1.807, 2.05) is 6.34 Å². The van der Waals surface area contributed by atoms with Crippen LogP contribution >= 0.6 is 0 Å². The van der Waals surface area contributed by atoms with Gasteiger partial charge in [0.1, 0.15) is 12.5 Å². The van der Waals surface area contributed by atoms with Crippen LogP contribution in [0.3, 0.4) is 0 Å². The molecule has 1 unspecified atom stereocenters.